The third kappa shape index (κ3) is 3.88. The Hall–Kier alpha value is -1.45. The van der Waals surface area contributed by atoms with Crippen LogP contribution in [-0.2, 0) is 19.6 Å². The smallest absolute Gasteiger partial charge is 0.250 e. The largest absolute Gasteiger partial charge is 0.342 e. The maximum absolute atomic E-state index is 12.6. The van der Waals surface area contributed by atoms with Crippen LogP contribution in [0.5, 0.6) is 0 Å². The molecule has 0 aliphatic carbocycles. The van der Waals surface area contributed by atoms with E-state index in [1.165, 1.54) is 0 Å². The van der Waals surface area contributed by atoms with E-state index in [0.717, 1.165) is 11.3 Å². The van der Waals surface area contributed by atoms with E-state index in [2.05, 4.69) is 10.0 Å². The minimum absolute atomic E-state index is 0.0575. The summed E-state index contributed by atoms with van der Waals surface area (Å²) in [5.41, 5.74) is 0. The van der Waals surface area contributed by atoms with Crippen molar-refractivity contribution in [3.63, 3.8) is 0 Å². The fourth-order valence-electron chi connectivity index (χ4n) is 3.44. The SMILES string of the molecule is CC(C)C[C@H]1NC(=O)[C@@H]2C[C@@H](NS(=O)(=O)c3cccs3)CCN2C1=O. The zero-order chi connectivity index (χ0) is 18.2. The molecule has 0 radical (unpaired) electrons. The van der Waals surface area contributed by atoms with Gasteiger partial charge in [-0.2, -0.15) is 0 Å². The Kier molecular flexibility index (Phi) is 5.17. The Bertz CT molecular complexity index is 745. The maximum Gasteiger partial charge on any atom is 0.250 e. The van der Waals surface area contributed by atoms with Crippen molar-refractivity contribution in [3.05, 3.63) is 17.5 Å². The van der Waals surface area contributed by atoms with Gasteiger partial charge in [-0.15, -0.1) is 11.3 Å². The molecule has 0 aromatic carbocycles. The van der Waals surface area contributed by atoms with Crippen LogP contribution < -0.4 is 10.0 Å². The van der Waals surface area contributed by atoms with Gasteiger partial charge in [0, 0.05) is 12.6 Å². The fourth-order valence-corrected chi connectivity index (χ4v) is 5.73. The lowest BCUT2D eigenvalue weighted by atomic mass is 9.91. The Labute approximate surface area is 151 Å². The van der Waals surface area contributed by atoms with E-state index in [1.807, 2.05) is 13.8 Å². The highest BCUT2D eigenvalue weighted by molar-refractivity contribution is 7.91. The summed E-state index contributed by atoms with van der Waals surface area (Å²) < 4.78 is 27.7. The van der Waals surface area contributed by atoms with Gasteiger partial charge in [-0.25, -0.2) is 13.1 Å². The van der Waals surface area contributed by atoms with Crippen molar-refractivity contribution in [1.82, 2.24) is 14.9 Å². The van der Waals surface area contributed by atoms with Crippen LogP contribution in [0.2, 0.25) is 0 Å². The molecule has 9 heteroatoms. The van der Waals surface area contributed by atoms with Crippen LogP contribution >= 0.6 is 11.3 Å². The molecule has 0 spiro atoms. The minimum atomic E-state index is -3.58. The number of nitrogens with zero attached hydrogens (tertiary/aromatic N) is 1. The van der Waals surface area contributed by atoms with Gasteiger partial charge in [-0.1, -0.05) is 19.9 Å². The van der Waals surface area contributed by atoms with Crippen molar-refractivity contribution >= 4 is 33.2 Å². The molecule has 7 nitrogen and oxygen atoms in total. The molecule has 1 aromatic heterocycles. The molecule has 0 unspecified atom stereocenters. The lowest BCUT2D eigenvalue weighted by Crippen LogP contribution is -2.67. The molecule has 3 atom stereocenters. The number of carbonyl (C=O) groups is 2. The van der Waals surface area contributed by atoms with Crippen LogP contribution in [0.15, 0.2) is 21.7 Å². The molecule has 138 valence electrons. The van der Waals surface area contributed by atoms with Crippen LogP contribution in [0, 0.1) is 5.92 Å². The number of carbonyl (C=O) groups excluding carboxylic acids is 2. The molecule has 0 saturated carbocycles. The zero-order valence-corrected chi connectivity index (χ0v) is 15.9. The fraction of sp³-hybridized carbons (Fsp3) is 0.625. The van der Waals surface area contributed by atoms with Gasteiger partial charge in [0.25, 0.3) is 0 Å². The third-order valence-corrected chi connectivity index (χ3v) is 7.51. The number of thiophene rings is 1. The van der Waals surface area contributed by atoms with Gasteiger partial charge in [0.1, 0.15) is 16.3 Å². The summed E-state index contributed by atoms with van der Waals surface area (Å²) in [4.78, 5) is 26.6. The molecular weight excluding hydrogens is 362 g/mol. The maximum atomic E-state index is 12.6. The molecule has 2 fully saturated rings. The highest BCUT2D eigenvalue weighted by atomic mass is 32.2. The van der Waals surface area contributed by atoms with E-state index in [4.69, 9.17) is 0 Å². The summed E-state index contributed by atoms with van der Waals surface area (Å²) in [5, 5.41) is 4.51. The van der Waals surface area contributed by atoms with Crippen LogP contribution in [0.3, 0.4) is 0 Å². The number of rotatable bonds is 5. The molecule has 25 heavy (non-hydrogen) atoms. The topological polar surface area (TPSA) is 95.6 Å². The lowest BCUT2D eigenvalue weighted by molar-refractivity contribution is -0.152. The first kappa shape index (κ1) is 18.3. The average Bonchev–Trinajstić information content (AvgIpc) is 3.07. The number of piperazine rings is 1. The Morgan fingerprint density at radius 3 is 2.80 bits per heavy atom. The number of nitrogens with one attached hydrogen (secondary N) is 2. The number of hydrogen-bond acceptors (Lipinski definition) is 5. The molecule has 3 rings (SSSR count). The Morgan fingerprint density at radius 2 is 2.16 bits per heavy atom. The van der Waals surface area contributed by atoms with Gasteiger partial charge in [0.05, 0.1) is 0 Å². The number of piperidine rings is 1. The first-order valence-electron chi connectivity index (χ1n) is 8.44. The van der Waals surface area contributed by atoms with Crippen molar-refractivity contribution in [3.8, 4) is 0 Å². The number of fused-ring (bicyclic) bond motifs is 1. The summed E-state index contributed by atoms with van der Waals surface area (Å²) in [6.07, 6.45) is 1.42. The quantitative estimate of drug-likeness (QED) is 0.788. The van der Waals surface area contributed by atoms with Gasteiger partial charge >= 0.3 is 0 Å². The first-order chi connectivity index (χ1) is 11.8. The van der Waals surface area contributed by atoms with Gasteiger partial charge in [-0.3, -0.25) is 9.59 Å². The van der Waals surface area contributed by atoms with E-state index in [1.54, 1.807) is 22.4 Å². The normalized spacial score (nSPS) is 27.3. The second kappa shape index (κ2) is 7.05. The van der Waals surface area contributed by atoms with Gasteiger partial charge in [0.15, 0.2) is 0 Å². The Balaban J connectivity index is 1.68. The molecule has 1 aromatic rings. The second-order valence-corrected chi connectivity index (χ2v) is 9.90. The van der Waals surface area contributed by atoms with Gasteiger partial charge in [0.2, 0.25) is 21.8 Å². The van der Waals surface area contributed by atoms with E-state index in [0.29, 0.717) is 31.7 Å². The second-order valence-electron chi connectivity index (χ2n) is 7.01. The first-order valence-corrected chi connectivity index (χ1v) is 10.8. The van der Waals surface area contributed by atoms with E-state index >= 15 is 0 Å². The van der Waals surface area contributed by atoms with Crippen LogP contribution in [0.25, 0.3) is 0 Å². The standard InChI is InChI=1S/C16H23N3O4S2/c1-10(2)8-12-16(21)19-6-5-11(9-13(19)15(20)17-12)18-25(22,23)14-4-3-7-24-14/h3-4,7,10-13,18H,5-6,8-9H2,1-2H3,(H,17,20)/t11-,12+,13-/m0/s1. The Morgan fingerprint density at radius 1 is 1.40 bits per heavy atom. The van der Waals surface area contributed by atoms with Crippen LogP contribution in [0.1, 0.15) is 33.1 Å². The highest BCUT2D eigenvalue weighted by Crippen LogP contribution is 2.25. The summed E-state index contributed by atoms with van der Waals surface area (Å²) in [6, 6.07) is 1.82. The van der Waals surface area contributed by atoms with E-state index in [-0.39, 0.29) is 22.1 Å². The molecular formula is C16H23N3O4S2. The molecule has 2 amide bonds. The summed E-state index contributed by atoms with van der Waals surface area (Å²) in [6.45, 7) is 4.41. The van der Waals surface area contributed by atoms with Crippen molar-refractivity contribution in [1.29, 1.82) is 0 Å². The zero-order valence-electron chi connectivity index (χ0n) is 14.3. The van der Waals surface area contributed by atoms with Gasteiger partial charge < -0.3 is 10.2 Å². The monoisotopic (exact) mass is 385 g/mol. The number of amides is 2. The average molecular weight is 386 g/mol. The van der Waals surface area contributed by atoms with Crippen molar-refractivity contribution in [2.45, 2.75) is 55.4 Å². The molecule has 2 aliphatic rings. The van der Waals surface area contributed by atoms with Crippen LogP contribution in [-0.4, -0.2) is 49.8 Å². The summed E-state index contributed by atoms with van der Waals surface area (Å²) >= 11 is 1.15. The predicted octanol–water partition coefficient (Wildman–Crippen LogP) is 0.931. The molecule has 2 aliphatic heterocycles. The van der Waals surface area contributed by atoms with Crippen molar-refractivity contribution < 1.29 is 18.0 Å². The minimum Gasteiger partial charge on any atom is -0.342 e. The molecule has 3 heterocycles. The molecule has 2 N–H and O–H groups in total. The molecule has 2 saturated heterocycles. The predicted molar refractivity (Wildman–Crippen MR) is 94.5 cm³/mol. The van der Waals surface area contributed by atoms with Crippen molar-refractivity contribution in [2.75, 3.05) is 6.54 Å². The third-order valence-electron chi connectivity index (χ3n) is 4.59. The lowest BCUT2D eigenvalue weighted by Gasteiger charge is -2.44. The summed E-state index contributed by atoms with van der Waals surface area (Å²) in [5.74, 6) is 0.0593. The van der Waals surface area contributed by atoms with Crippen molar-refractivity contribution in [2.24, 2.45) is 5.92 Å². The number of sulfonamides is 1. The van der Waals surface area contributed by atoms with E-state index in [9.17, 15) is 18.0 Å². The summed E-state index contributed by atoms with van der Waals surface area (Å²) in [7, 11) is -3.58. The van der Waals surface area contributed by atoms with Gasteiger partial charge in [-0.05, 0) is 36.6 Å². The van der Waals surface area contributed by atoms with E-state index < -0.39 is 22.1 Å². The number of hydrogen-bond donors (Lipinski definition) is 2. The molecule has 0 bridgehead atoms. The van der Waals surface area contributed by atoms with Crippen LogP contribution in [0.4, 0.5) is 0 Å². The highest BCUT2D eigenvalue weighted by Gasteiger charge is 2.44.